The maximum atomic E-state index is 2.49. The number of anilines is 3. The Morgan fingerprint density at radius 3 is 1.81 bits per heavy atom. The van der Waals surface area contributed by atoms with Crippen LogP contribution in [0.1, 0.15) is 25.0 Å². The van der Waals surface area contributed by atoms with Gasteiger partial charge < -0.3 is 9.47 Å². The van der Waals surface area contributed by atoms with E-state index in [0.717, 1.165) is 22.7 Å². The molecule has 12 rings (SSSR count). The minimum atomic E-state index is -0.145. The molecule has 63 heavy (non-hydrogen) atoms. The molecule has 0 atom stereocenters. The van der Waals surface area contributed by atoms with Gasteiger partial charge in [0, 0.05) is 38.8 Å². The highest BCUT2D eigenvalue weighted by atomic mass is 15.1. The van der Waals surface area contributed by atoms with Crippen LogP contribution in [0.5, 0.6) is 0 Å². The molecular weight excluding hydrogens is 761 g/mol. The molecule has 1 heterocycles. The van der Waals surface area contributed by atoms with Crippen molar-refractivity contribution in [1.29, 1.82) is 0 Å². The van der Waals surface area contributed by atoms with E-state index in [0.29, 0.717) is 0 Å². The van der Waals surface area contributed by atoms with Crippen LogP contribution in [0, 0.1) is 0 Å². The minimum absolute atomic E-state index is 0.145. The number of hydrogen-bond donors (Lipinski definition) is 0. The van der Waals surface area contributed by atoms with E-state index in [4.69, 9.17) is 0 Å². The zero-order chi connectivity index (χ0) is 42.1. The highest BCUT2D eigenvalue weighted by molar-refractivity contribution is 6.12. The van der Waals surface area contributed by atoms with Crippen LogP contribution in [0.4, 0.5) is 17.1 Å². The average Bonchev–Trinajstić information content (AvgIpc) is 3.80. The van der Waals surface area contributed by atoms with Gasteiger partial charge in [-0.2, -0.15) is 0 Å². The van der Waals surface area contributed by atoms with Gasteiger partial charge in [-0.25, -0.2) is 0 Å². The molecule has 0 spiro atoms. The van der Waals surface area contributed by atoms with Crippen molar-refractivity contribution in [1.82, 2.24) is 4.57 Å². The number of aromatic nitrogens is 1. The van der Waals surface area contributed by atoms with Gasteiger partial charge in [-0.3, -0.25) is 0 Å². The fraction of sp³-hybridized carbons (Fsp3) is 0.0492. The standard InChI is InChI=1S/C61H44N2/c1-61(2)55-34-12-9-27-49(55)53-33-18-31-48(60(53)61)43-23-15-26-45(39-43)62(46-37-38-58-54(40-46)51-29-11-14-36-57(51)63(58)44-24-7-4-8-25-44)56-35-13-10-28-50(56)52-32-17-22-42-21-16-30-47(59(42)52)41-19-5-3-6-20-41/h3-40H,1-2H3. The summed E-state index contributed by atoms with van der Waals surface area (Å²) in [6.07, 6.45) is 0. The summed E-state index contributed by atoms with van der Waals surface area (Å²) in [7, 11) is 0. The predicted octanol–water partition coefficient (Wildman–Crippen LogP) is 16.7. The first kappa shape index (κ1) is 36.9. The first-order chi connectivity index (χ1) is 31.0. The van der Waals surface area contributed by atoms with Crippen molar-refractivity contribution in [3.05, 3.63) is 242 Å². The zero-order valence-electron chi connectivity index (χ0n) is 35.3. The molecule has 2 heteroatoms. The molecule has 0 aliphatic heterocycles. The molecule has 0 radical (unpaired) electrons. The Kier molecular flexibility index (Phi) is 8.55. The van der Waals surface area contributed by atoms with Gasteiger partial charge in [-0.1, -0.05) is 190 Å². The lowest BCUT2D eigenvalue weighted by molar-refractivity contribution is 0.662. The predicted molar refractivity (Wildman–Crippen MR) is 267 cm³/mol. The molecular formula is C61H44N2. The van der Waals surface area contributed by atoms with Crippen LogP contribution in [0.2, 0.25) is 0 Å². The molecule has 1 aliphatic rings. The lowest BCUT2D eigenvalue weighted by atomic mass is 9.79. The van der Waals surface area contributed by atoms with E-state index < -0.39 is 0 Å². The number of nitrogens with zero attached hydrogens (tertiary/aromatic N) is 2. The molecule has 1 aromatic heterocycles. The summed E-state index contributed by atoms with van der Waals surface area (Å²) in [5.41, 5.74) is 19.4. The summed E-state index contributed by atoms with van der Waals surface area (Å²) in [4.78, 5) is 2.49. The average molecular weight is 805 g/mol. The summed E-state index contributed by atoms with van der Waals surface area (Å²) in [5.74, 6) is 0. The second kappa shape index (κ2) is 14.6. The first-order valence-electron chi connectivity index (χ1n) is 21.9. The topological polar surface area (TPSA) is 8.17 Å². The first-order valence-corrected chi connectivity index (χ1v) is 21.9. The van der Waals surface area contributed by atoms with Gasteiger partial charge in [-0.15, -0.1) is 0 Å². The van der Waals surface area contributed by atoms with Gasteiger partial charge in [0.1, 0.15) is 0 Å². The minimum Gasteiger partial charge on any atom is -0.310 e. The Balaban J connectivity index is 1.11. The fourth-order valence-corrected chi connectivity index (χ4v) is 10.6. The molecule has 10 aromatic carbocycles. The van der Waals surface area contributed by atoms with Gasteiger partial charge in [-0.05, 0) is 115 Å². The molecule has 2 nitrogen and oxygen atoms in total. The number of hydrogen-bond acceptors (Lipinski definition) is 1. The van der Waals surface area contributed by atoms with Crippen LogP contribution < -0.4 is 4.90 Å². The third-order valence-corrected chi connectivity index (χ3v) is 13.3. The highest BCUT2D eigenvalue weighted by Gasteiger charge is 2.37. The Bertz CT molecular complexity index is 3530. The van der Waals surface area contributed by atoms with Gasteiger partial charge in [0.25, 0.3) is 0 Å². The maximum absolute atomic E-state index is 2.49. The van der Waals surface area contributed by atoms with E-state index in [2.05, 4.69) is 254 Å². The van der Waals surface area contributed by atoms with Crippen molar-refractivity contribution < 1.29 is 0 Å². The second-order valence-electron chi connectivity index (χ2n) is 17.3. The monoisotopic (exact) mass is 804 g/mol. The Labute approximate surface area is 368 Å². The van der Waals surface area contributed by atoms with E-state index in [9.17, 15) is 0 Å². The van der Waals surface area contributed by atoms with E-state index in [1.54, 1.807) is 0 Å². The van der Waals surface area contributed by atoms with Crippen LogP contribution in [0.25, 0.3) is 82.8 Å². The summed E-state index contributed by atoms with van der Waals surface area (Å²) in [6.45, 7) is 4.76. The third-order valence-electron chi connectivity index (χ3n) is 13.3. The number of rotatable bonds is 7. The summed E-state index contributed by atoms with van der Waals surface area (Å²) < 4.78 is 2.39. The lowest BCUT2D eigenvalue weighted by Gasteiger charge is -2.29. The molecule has 298 valence electrons. The molecule has 0 unspecified atom stereocenters. The fourth-order valence-electron chi connectivity index (χ4n) is 10.6. The molecule has 0 saturated carbocycles. The van der Waals surface area contributed by atoms with Crippen molar-refractivity contribution in [3.8, 4) is 50.2 Å². The van der Waals surface area contributed by atoms with E-state index in [1.165, 1.54) is 88.2 Å². The second-order valence-corrected chi connectivity index (χ2v) is 17.3. The van der Waals surface area contributed by atoms with Crippen molar-refractivity contribution in [3.63, 3.8) is 0 Å². The molecule has 11 aromatic rings. The molecule has 0 N–H and O–H groups in total. The van der Waals surface area contributed by atoms with Crippen molar-refractivity contribution >= 4 is 49.6 Å². The van der Waals surface area contributed by atoms with Gasteiger partial charge in [0.2, 0.25) is 0 Å². The highest BCUT2D eigenvalue weighted by Crippen LogP contribution is 2.53. The summed E-state index contributed by atoms with van der Waals surface area (Å²) in [6, 6.07) is 84.7. The Hall–Kier alpha value is -7.94. The number of fused-ring (bicyclic) bond motifs is 7. The van der Waals surface area contributed by atoms with Crippen LogP contribution in [0.3, 0.4) is 0 Å². The van der Waals surface area contributed by atoms with Crippen molar-refractivity contribution in [2.45, 2.75) is 19.3 Å². The maximum Gasteiger partial charge on any atom is 0.0542 e. The van der Waals surface area contributed by atoms with Gasteiger partial charge >= 0.3 is 0 Å². The normalized spacial score (nSPS) is 12.7. The van der Waals surface area contributed by atoms with Crippen LogP contribution in [-0.4, -0.2) is 4.57 Å². The SMILES string of the molecule is CC1(C)c2ccccc2-c2cccc(-c3cccc(N(c4ccc5c(c4)c4ccccc4n5-c4ccccc4)c4ccccc4-c4cccc5cccc(-c6ccccc6)c45)c3)c21. The largest absolute Gasteiger partial charge is 0.310 e. The Morgan fingerprint density at radius 1 is 0.381 bits per heavy atom. The third kappa shape index (κ3) is 5.86. The van der Waals surface area contributed by atoms with E-state index >= 15 is 0 Å². The smallest absolute Gasteiger partial charge is 0.0542 e. The zero-order valence-corrected chi connectivity index (χ0v) is 35.3. The lowest BCUT2D eigenvalue weighted by Crippen LogP contribution is -2.16. The Morgan fingerprint density at radius 2 is 0.968 bits per heavy atom. The quantitative estimate of drug-likeness (QED) is 0.156. The number of para-hydroxylation sites is 3. The summed E-state index contributed by atoms with van der Waals surface area (Å²) >= 11 is 0. The molecule has 0 amide bonds. The van der Waals surface area contributed by atoms with E-state index in [-0.39, 0.29) is 5.41 Å². The van der Waals surface area contributed by atoms with Crippen LogP contribution in [0.15, 0.2) is 231 Å². The van der Waals surface area contributed by atoms with Gasteiger partial charge in [0.15, 0.2) is 0 Å². The van der Waals surface area contributed by atoms with Crippen LogP contribution in [-0.2, 0) is 5.41 Å². The molecule has 1 aliphatic carbocycles. The van der Waals surface area contributed by atoms with Crippen molar-refractivity contribution in [2.24, 2.45) is 0 Å². The molecule has 0 saturated heterocycles. The van der Waals surface area contributed by atoms with Crippen molar-refractivity contribution in [2.75, 3.05) is 4.90 Å². The van der Waals surface area contributed by atoms with Gasteiger partial charge in [0.05, 0.1) is 16.7 Å². The van der Waals surface area contributed by atoms with E-state index in [1.807, 2.05) is 0 Å². The number of benzene rings is 10. The summed E-state index contributed by atoms with van der Waals surface area (Å²) in [5, 5.41) is 4.90. The molecule has 0 fully saturated rings. The van der Waals surface area contributed by atoms with Crippen LogP contribution >= 0.6 is 0 Å². The molecule has 0 bridgehead atoms.